The van der Waals surface area contributed by atoms with Gasteiger partial charge in [-0.25, -0.2) is 14.2 Å². The van der Waals surface area contributed by atoms with Crippen LogP contribution in [0.5, 0.6) is 11.5 Å². The molecule has 0 saturated carbocycles. The van der Waals surface area contributed by atoms with Gasteiger partial charge in [0.15, 0.2) is 23.8 Å². The molecule has 2 aromatic rings. The Hall–Kier alpha value is -3.66. The summed E-state index contributed by atoms with van der Waals surface area (Å²) in [4.78, 5) is 16.1. The Kier molecular flexibility index (Phi) is 4.94. The lowest BCUT2D eigenvalue weighted by atomic mass is 10.1. The van der Waals surface area contributed by atoms with Crippen LogP contribution in [0.2, 0.25) is 0 Å². The van der Waals surface area contributed by atoms with Crippen molar-refractivity contribution in [1.29, 1.82) is 5.26 Å². The van der Waals surface area contributed by atoms with Gasteiger partial charge in [0.05, 0.1) is 7.11 Å². The third-order valence-corrected chi connectivity index (χ3v) is 3.48. The number of aliphatic imine (C=N–C) groups is 1. The molecule has 0 unspecified atom stereocenters. The summed E-state index contributed by atoms with van der Waals surface area (Å²) in [5, 5.41) is 8.59. The fraction of sp³-hybridized carbons (Fsp3) is 0.105. The monoisotopic (exact) mass is 352 g/mol. The predicted octanol–water partition coefficient (Wildman–Crippen LogP) is 3.08. The van der Waals surface area contributed by atoms with E-state index < -0.39 is 11.8 Å². The molecule has 1 aliphatic rings. The van der Waals surface area contributed by atoms with E-state index in [2.05, 4.69) is 4.99 Å². The highest BCUT2D eigenvalue weighted by Crippen LogP contribution is 2.29. The number of esters is 1. The number of halogens is 1. The maximum Gasteiger partial charge on any atom is 0.363 e. The molecule has 1 heterocycles. The number of hydrogen-bond donors (Lipinski definition) is 0. The summed E-state index contributed by atoms with van der Waals surface area (Å²) >= 11 is 0. The third-order valence-electron chi connectivity index (χ3n) is 3.48. The highest BCUT2D eigenvalue weighted by molar-refractivity contribution is 6.12. The standard InChI is InChI=1S/C19H13FN2O4/c1-24-17-10-12(5-6-16(17)25-8-7-21)9-15-19(23)26-18(22-15)13-3-2-4-14(20)11-13/h2-6,9-11H,8H2,1H3/b15-9-. The molecule has 130 valence electrons. The molecule has 0 radical (unpaired) electrons. The molecule has 0 spiro atoms. The van der Waals surface area contributed by atoms with Crippen molar-refractivity contribution in [1.82, 2.24) is 0 Å². The van der Waals surface area contributed by atoms with Crippen LogP contribution in [0.15, 0.2) is 53.2 Å². The lowest BCUT2D eigenvalue weighted by molar-refractivity contribution is -0.129. The fourth-order valence-corrected chi connectivity index (χ4v) is 2.32. The van der Waals surface area contributed by atoms with Crippen molar-refractivity contribution in [2.45, 2.75) is 0 Å². The zero-order chi connectivity index (χ0) is 18.5. The normalized spacial score (nSPS) is 14.6. The molecule has 6 nitrogen and oxygen atoms in total. The molecule has 0 fully saturated rings. The molecule has 0 bridgehead atoms. The SMILES string of the molecule is COc1cc(/C=C2\N=C(c3cccc(F)c3)OC2=O)ccc1OCC#N. The predicted molar refractivity (Wildman–Crippen MR) is 91.1 cm³/mol. The molecule has 0 aliphatic carbocycles. The number of benzene rings is 2. The number of nitrogens with zero attached hydrogens (tertiary/aromatic N) is 2. The van der Waals surface area contributed by atoms with Gasteiger partial charge in [-0.05, 0) is 42.0 Å². The van der Waals surface area contributed by atoms with E-state index in [9.17, 15) is 9.18 Å². The van der Waals surface area contributed by atoms with E-state index in [1.165, 1.54) is 31.4 Å². The Labute approximate surface area is 148 Å². The Morgan fingerprint density at radius 2 is 2.12 bits per heavy atom. The van der Waals surface area contributed by atoms with Crippen molar-refractivity contribution in [3.63, 3.8) is 0 Å². The summed E-state index contributed by atoms with van der Waals surface area (Å²) in [6, 6.07) is 12.5. The smallest absolute Gasteiger partial charge is 0.363 e. The topological polar surface area (TPSA) is 80.9 Å². The number of ether oxygens (including phenoxy) is 3. The van der Waals surface area contributed by atoms with E-state index >= 15 is 0 Å². The van der Waals surface area contributed by atoms with Crippen LogP contribution in [-0.4, -0.2) is 25.6 Å². The second kappa shape index (κ2) is 7.49. The van der Waals surface area contributed by atoms with Crippen molar-refractivity contribution in [3.8, 4) is 17.6 Å². The van der Waals surface area contributed by atoms with Crippen LogP contribution in [-0.2, 0) is 9.53 Å². The minimum absolute atomic E-state index is 0.0432. The molecule has 0 N–H and O–H groups in total. The van der Waals surface area contributed by atoms with E-state index in [-0.39, 0.29) is 18.2 Å². The number of carbonyl (C=O) groups is 1. The Balaban J connectivity index is 1.89. The van der Waals surface area contributed by atoms with Crippen LogP contribution in [0, 0.1) is 17.1 Å². The summed E-state index contributed by atoms with van der Waals surface area (Å²) < 4.78 is 28.9. The molecule has 0 aromatic heterocycles. The van der Waals surface area contributed by atoms with Gasteiger partial charge in [0.1, 0.15) is 11.9 Å². The number of nitriles is 1. The number of cyclic esters (lactones) is 1. The molecule has 26 heavy (non-hydrogen) atoms. The highest BCUT2D eigenvalue weighted by atomic mass is 19.1. The van der Waals surface area contributed by atoms with Crippen LogP contribution in [0.4, 0.5) is 4.39 Å². The zero-order valence-corrected chi connectivity index (χ0v) is 13.7. The number of methoxy groups -OCH3 is 1. The van der Waals surface area contributed by atoms with E-state index in [0.29, 0.717) is 22.6 Å². The van der Waals surface area contributed by atoms with Gasteiger partial charge in [0, 0.05) is 5.56 Å². The van der Waals surface area contributed by atoms with Crippen LogP contribution in [0.3, 0.4) is 0 Å². The summed E-state index contributed by atoms with van der Waals surface area (Å²) in [5.41, 5.74) is 1.08. The first-order valence-electron chi connectivity index (χ1n) is 7.57. The molecule has 0 saturated heterocycles. The molecule has 3 rings (SSSR count). The van der Waals surface area contributed by atoms with Gasteiger partial charge in [0.2, 0.25) is 5.90 Å². The second-order valence-corrected chi connectivity index (χ2v) is 5.20. The van der Waals surface area contributed by atoms with Gasteiger partial charge < -0.3 is 14.2 Å². The van der Waals surface area contributed by atoms with Crippen molar-refractivity contribution in [2.75, 3.05) is 13.7 Å². The fourth-order valence-electron chi connectivity index (χ4n) is 2.32. The van der Waals surface area contributed by atoms with Crippen LogP contribution in [0.1, 0.15) is 11.1 Å². The zero-order valence-electron chi connectivity index (χ0n) is 13.7. The van der Waals surface area contributed by atoms with E-state index in [4.69, 9.17) is 19.5 Å². The van der Waals surface area contributed by atoms with Gasteiger partial charge in [0.25, 0.3) is 0 Å². The van der Waals surface area contributed by atoms with Crippen molar-refractivity contribution < 1.29 is 23.4 Å². The van der Waals surface area contributed by atoms with Gasteiger partial charge in [-0.15, -0.1) is 0 Å². The maximum absolute atomic E-state index is 13.3. The third kappa shape index (κ3) is 3.70. The first-order valence-corrected chi connectivity index (χ1v) is 7.57. The van der Waals surface area contributed by atoms with Gasteiger partial charge in [-0.1, -0.05) is 12.1 Å². The molecule has 0 atom stereocenters. The van der Waals surface area contributed by atoms with Crippen molar-refractivity contribution >= 4 is 17.9 Å². The van der Waals surface area contributed by atoms with Gasteiger partial charge >= 0.3 is 5.97 Å². The minimum atomic E-state index is -0.631. The summed E-state index contributed by atoms with van der Waals surface area (Å²) in [6.07, 6.45) is 1.52. The van der Waals surface area contributed by atoms with Crippen LogP contribution in [0.25, 0.3) is 6.08 Å². The summed E-state index contributed by atoms with van der Waals surface area (Å²) in [5.74, 6) is -0.212. The average molecular weight is 352 g/mol. The van der Waals surface area contributed by atoms with E-state index in [1.807, 2.05) is 6.07 Å². The average Bonchev–Trinajstić information content (AvgIpc) is 3.01. The lowest BCUT2D eigenvalue weighted by Crippen LogP contribution is -2.05. The summed E-state index contributed by atoms with van der Waals surface area (Å²) in [6.45, 7) is -0.107. The Bertz CT molecular complexity index is 960. The molecular formula is C19H13FN2O4. The molecule has 0 amide bonds. The van der Waals surface area contributed by atoms with Crippen LogP contribution < -0.4 is 9.47 Å². The first-order chi connectivity index (χ1) is 12.6. The first kappa shape index (κ1) is 17.2. The van der Waals surface area contributed by atoms with E-state index in [1.54, 1.807) is 24.3 Å². The maximum atomic E-state index is 13.3. The number of hydrogen-bond acceptors (Lipinski definition) is 6. The lowest BCUT2D eigenvalue weighted by Gasteiger charge is -2.08. The van der Waals surface area contributed by atoms with Gasteiger partial charge in [-0.2, -0.15) is 5.26 Å². The quantitative estimate of drug-likeness (QED) is 0.610. The second-order valence-electron chi connectivity index (χ2n) is 5.20. The molecule has 7 heteroatoms. The highest BCUT2D eigenvalue weighted by Gasteiger charge is 2.24. The van der Waals surface area contributed by atoms with Crippen molar-refractivity contribution in [3.05, 3.63) is 65.1 Å². The summed E-state index contributed by atoms with van der Waals surface area (Å²) in [7, 11) is 1.47. The molecular weight excluding hydrogens is 339 g/mol. The minimum Gasteiger partial charge on any atom is -0.493 e. The number of carbonyl (C=O) groups excluding carboxylic acids is 1. The van der Waals surface area contributed by atoms with Crippen molar-refractivity contribution in [2.24, 2.45) is 4.99 Å². The van der Waals surface area contributed by atoms with Gasteiger partial charge in [-0.3, -0.25) is 0 Å². The molecule has 1 aliphatic heterocycles. The number of rotatable bonds is 5. The Morgan fingerprint density at radius 1 is 1.27 bits per heavy atom. The Morgan fingerprint density at radius 3 is 2.85 bits per heavy atom. The molecule has 2 aromatic carbocycles. The largest absolute Gasteiger partial charge is 0.493 e. The van der Waals surface area contributed by atoms with E-state index in [0.717, 1.165) is 0 Å². The van der Waals surface area contributed by atoms with Crippen LogP contribution >= 0.6 is 0 Å².